The number of amides is 1. The van der Waals surface area contributed by atoms with Crippen molar-refractivity contribution < 1.29 is 9.53 Å². The van der Waals surface area contributed by atoms with E-state index >= 15 is 0 Å². The number of aromatic nitrogens is 1. The van der Waals surface area contributed by atoms with Gasteiger partial charge < -0.3 is 21.1 Å². The lowest BCUT2D eigenvalue weighted by Crippen LogP contribution is -2.32. The molecule has 1 atom stereocenters. The molecule has 0 radical (unpaired) electrons. The summed E-state index contributed by atoms with van der Waals surface area (Å²) in [5.74, 6) is 0.124. The smallest absolute Gasteiger partial charge is 0.265 e. The molecule has 1 rings (SSSR count). The van der Waals surface area contributed by atoms with Gasteiger partial charge in [-0.05, 0) is 13.3 Å². The van der Waals surface area contributed by atoms with Crippen molar-refractivity contribution in [1.82, 2.24) is 10.3 Å². The van der Waals surface area contributed by atoms with Crippen LogP contribution in [0.2, 0.25) is 0 Å². The largest absolute Gasteiger partial charge is 0.383 e. The molecule has 0 aliphatic rings. The Morgan fingerprint density at radius 2 is 2.30 bits per heavy atom. The topological polar surface area (TPSA) is 89.3 Å². The van der Waals surface area contributed by atoms with E-state index in [-0.39, 0.29) is 17.8 Å². The highest BCUT2D eigenvalue weighted by Gasteiger charge is 2.17. The number of nitrogens with two attached hydrogens (primary N) is 1. The first-order chi connectivity index (χ1) is 9.58. The van der Waals surface area contributed by atoms with E-state index in [4.69, 9.17) is 10.5 Å². The van der Waals surface area contributed by atoms with E-state index in [1.165, 1.54) is 11.3 Å². The summed E-state index contributed by atoms with van der Waals surface area (Å²) < 4.78 is 4.94. The molecule has 1 aromatic heterocycles. The maximum Gasteiger partial charge on any atom is 0.265 e. The van der Waals surface area contributed by atoms with E-state index in [2.05, 4.69) is 22.5 Å². The van der Waals surface area contributed by atoms with Gasteiger partial charge in [-0.15, -0.1) is 0 Å². The Bertz CT molecular complexity index is 423. The first kappa shape index (κ1) is 16.7. The van der Waals surface area contributed by atoms with Crippen LogP contribution in [0.1, 0.15) is 42.8 Å². The molecule has 0 fully saturated rings. The average molecular weight is 300 g/mol. The van der Waals surface area contributed by atoms with Crippen LogP contribution < -0.4 is 16.4 Å². The minimum absolute atomic E-state index is 0.147. The molecule has 1 amide bonds. The van der Waals surface area contributed by atoms with Crippen LogP contribution in [0.4, 0.5) is 10.9 Å². The maximum atomic E-state index is 12.1. The number of nitrogen functional groups attached to an aromatic ring is 1. The van der Waals surface area contributed by atoms with Crippen molar-refractivity contribution in [1.29, 1.82) is 0 Å². The molecule has 0 bridgehead atoms. The molecule has 20 heavy (non-hydrogen) atoms. The third-order valence-corrected chi connectivity index (χ3v) is 3.84. The normalized spacial score (nSPS) is 12.2. The third kappa shape index (κ3) is 5.34. The van der Waals surface area contributed by atoms with E-state index in [1.54, 1.807) is 7.11 Å². The number of rotatable bonds is 9. The molecule has 0 spiro atoms. The summed E-state index contributed by atoms with van der Waals surface area (Å²) in [5.41, 5.74) is 5.79. The monoisotopic (exact) mass is 300 g/mol. The third-order valence-electron chi connectivity index (χ3n) is 2.81. The molecule has 0 aliphatic carbocycles. The molecule has 1 heterocycles. The number of nitrogens with zero attached hydrogens (tertiary/aromatic N) is 1. The predicted molar refractivity (Wildman–Crippen MR) is 83.3 cm³/mol. The standard InChI is InChI=1S/C13H24N4O2S/c1-4-5-6-9(2)16-12(18)10-11(14)17-13(20-10)15-7-8-19-3/h9H,4-8,14H2,1-3H3,(H,15,17)(H,16,18). The quantitative estimate of drug-likeness (QED) is 0.608. The number of nitrogens with one attached hydrogen (secondary N) is 2. The Morgan fingerprint density at radius 1 is 1.55 bits per heavy atom. The number of unbranched alkanes of at least 4 members (excludes halogenated alkanes) is 1. The van der Waals surface area contributed by atoms with Crippen LogP contribution in [-0.2, 0) is 4.74 Å². The lowest BCUT2D eigenvalue weighted by molar-refractivity contribution is 0.0943. The Hall–Kier alpha value is -1.34. The lowest BCUT2D eigenvalue weighted by atomic mass is 10.1. The summed E-state index contributed by atoms with van der Waals surface area (Å²) in [6.07, 6.45) is 3.19. The number of carbonyl (C=O) groups is 1. The summed E-state index contributed by atoms with van der Waals surface area (Å²) >= 11 is 1.27. The van der Waals surface area contributed by atoms with E-state index in [1.807, 2.05) is 6.92 Å². The molecule has 114 valence electrons. The van der Waals surface area contributed by atoms with Gasteiger partial charge in [-0.2, -0.15) is 0 Å². The summed E-state index contributed by atoms with van der Waals surface area (Å²) in [6.45, 7) is 5.35. The van der Waals surface area contributed by atoms with Gasteiger partial charge in [-0.25, -0.2) is 4.98 Å². The van der Waals surface area contributed by atoms with Crippen LogP contribution in [0.5, 0.6) is 0 Å². The Morgan fingerprint density at radius 3 is 2.95 bits per heavy atom. The van der Waals surface area contributed by atoms with Crippen molar-refractivity contribution in [2.75, 3.05) is 31.3 Å². The van der Waals surface area contributed by atoms with Crippen molar-refractivity contribution >= 4 is 28.2 Å². The summed E-state index contributed by atoms with van der Waals surface area (Å²) in [4.78, 5) is 16.7. The van der Waals surface area contributed by atoms with Gasteiger partial charge in [0, 0.05) is 19.7 Å². The molecule has 0 aliphatic heterocycles. The van der Waals surface area contributed by atoms with Gasteiger partial charge in [-0.1, -0.05) is 31.1 Å². The van der Waals surface area contributed by atoms with Crippen LogP contribution in [0.15, 0.2) is 0 Å². The average Bonchev–Trinajstić information content (AvgIpc) is 2.78. The number of hydrogen-bond donors (Lipinski definition) is 3. The zero-order chi connectivity index (χ0) is 15.0. The zero-order valence-corrected chi connectivity index (χ0v) is 13.2. The van der Waals surface area contributed by atoms with Crippen LogP contribution in [0.25, 0.3) is 0 Å². The molecule has 0 saturated heterocycles. The molecular formula is C13H24N4O2S. The molecule has 1 unspecified atom stereocenters. The first-order valence-electron chi connectivity index (χ1n) is 6.88. The molecule has 0 saturated carbocycles. The van der Waals surface area contributed by atoms with Gasteiger partial charge in [0.05, 0.1) is 6.61 Å². The SMILES string of the molecule is CCCCC(C)NC(=O)c1sc(NCCOC)nc1N. The molecule has 7 heteroatoms. The maximum absolute atomic E-state index is 12.1. The second-order valence-electron chi connectivity index (χ2n) is 4.67. The number of carbonyl (C=O) groups excluding carboxylic acids is 1. The van der Waals surface area contributed by atoms with Crippen molar-refractivity contribution in [3.63, 3.8) is 0 Å². The van der Waals surface area contributed by atoms with E-state index in [9.17, 15) is 4.79 Å². The summed E-state index contributed by atoms with van der Waals surface area (Å²) in [7, 11) is 1.63. The van der Waals surface area contributed by atoms with Crippen LogP contribution >= 0.6 is 11.3 Å². The molecule has 6 nitrogen and oxygen atoms in total. The fraction of sp³-hybridized carbons (Fsp3) is 0.692. The Balaban J connectivity index is 2.54. The second-order valence-corrected chi connectivity index (χ2v) is 5.67. The van der Waals surface area contributed by atoms with E-state index in [0.29, 0.717) is 23.2 Å². The number of hydrogen-bond acceptors (Lipinski definition) is 6. The van der Waals surface area contributed by atoms with Crippen LogP contribution in [0, 0.1) is 0 Å². The lowest BCUT2D eigenvalue weighted by Gasteiger charge is -2.12. The second kappa shape index (κ2) is 8.76. The molecule has 0 aromatic carbocycles. The van der Waals surface area contributed by atoms with Gasteiger partial charge in [-0.3, -0.25) is 4.79 Å². The van der Waals surface area contributed by atoms with E-state index < -0.39 is 0 Å². The predicted octanol–water partition coefficient (Wildman–Crippen LogP) is 2.09. The number of anilines is 2. The van der Waals surface area contributed by atoms with Crippen molar-refractivity contribution in [2.24, 2.45) is 0 Å². The first-order valence-corrected chi connectivity index (χ1v) is 7.70. The van der Waals surface area contributed by atoms with Gasteiger partial charge in [0.25, 0.3) is 5.91 Å². The van der Waals surface area contributed by atoms with Crippen LogP contribution in [-0.4, -0.2) is 37.2 Å². The molecule has 1 aromatic rings. The number of ether oxygens (including phenoxy) is 1. The molecule has 4 N–H and O–H groups in total. The fourth-order valence-electron chi connectivity index (χ4n) is 1.70. The van der Waals surface area contributed by atoms with E-state index in [0.717, 1.165) is 19.3 Å². The van der Waals surface area contributed by atoms with Crippen molar-refractivity contribution in [2.45, 2.75) is 39.2 Å². The highest BCUT2D eigenvalue weighted by Crippen LogP contribution is 2.24. The highest BCUT2D eigenvalue weighted by atomic mass is 32.1. The zero-order valence-electron chi connectivity index (χ0n) is 12.4. The van der Waals surface area contributed by atoms with Gasteiger partial charge >= 0.3 is 0 Å². The van der Waals surface area contributed by atoms with Crippen LogP contribution in [0.3, 0.4) is 0 Å². The van der Waals surface area contributed by atoms with Gasteiger partial charge in [0.1, 0.15) is 10.7 Å². The Kier molecular flexibility index (Phi) is 7.32. The van der Waals surface area contributed by atoms with Crippen molar-refractivity contribution in [3.05, 3.63) is 4.88 Å². The summed E-state index contributed by atoms with van der Waals surface area (Å²) in [5, 5.41) is 6.67. The van der Waals surface area contributed by atoms with Crippen molar-refractivity contribution in [3.8, 4) is 0 Å². The fourth-order valence-corrected chi connectivity index (χ4v) is 2.52. The minimum Gasteiger partial charge on any atom is -0.383 e. The van der Waals surface area contributed by atoms with Gasteiger partial charge in [0.15, 0.2) is 5.13 Å². The highest BCUT2D eigenvalue weighted by molar-refractivity contribution is 7.18. The van der Waals surface area contributed by atoms with Gasteiger partial charge in [0.2, 0.25) is 0 Å². The number of thiazole rings is 1. The molecular weight excluding hydrogens is 276 g/mol. The Labute approximate surface area is 124 Å². The number of methoxy groups -OCH3 is 1. The summed E-state index contributed by atoms with van der Waals surface area (Å²) in [6, 6.07) is 0.147. The minimum atomic E-state index is -0.150.